The topological polar surface area (TPSA) is 67.9 Å². The Kier molecular flexibility index (Phi) is 6.92. The monoisotopic (exact) mass is 387 g/mol. The van der Waals surface area contributed by atoms with Gasteiger partial charge in [-0.25, -0.2) is 0 Å². The van der Waals surface area contributed by atoms with Gasteiger partial charge in [0.25, 0.3) is 0 Å². The van der Waals surface area contributed by atoms with E-state index in [1.54, 1.807) is 23.2 Å². The van der Waals surface area contributed by atoms with E-state index in [9.17, 15) is 9.59 Å². The zero-order valence-corrected chi connectivity index (χ0v) is 16.7. The Balaban J connectivity index is 1.71. The maximum absolute atomic E-state index is 13.2. The smallest absolute Gasteiger partial charge is 0.242 e. The molecule has 3 rings (SSSR count). The van der Waals surface area contributed by atoms with Crippen molar-refractivity contribution in [3.63, 3.8) is 0 Å². The van der Waals surface area contributed by atoms with Crippen LogP contribution in [0.4, 0.5) is 0 Å². The number of aryl methyl sites for hydroxylation is 1. The second kappa shape index (κ2) is 9.59. The Bertz CT molecular complexity index is 764. The van der Waals surface area contributed by atoms with Gasteiger partial charge in [-0.3, -0.25) is 9.59 Å². The lowest BCUT2D eigenvalue weighted by molar-refractivity contribution is -0.145. The van der Waals surface area contributed by atoms with Crippen molar-refractivity contribution in [3.05, 3.63) is 48.2 Å². The summed E-state index contributed by atoms with van der Waals surface area (Å²) in [5.74, 6) is 0.738. The normalized spacial score (nSPS) is 13.9. The van der Waals surface area contributed by atoms with E-state index in [1.165, 1.54) is 0 Å². The first kappa shape index (κ1) is 20.2. The predicted octanol–water partition coefficient (Wildman–Crippen LogP) is 2.42. The van der Waals surface area contributed by atoms with E-state index in [-0.39, 0.29) is 24.3 Å². The van der Waals surface area contributed by atoms with Gasteiger partial charge in [-0.15, -0.1) is 0 Å². The Labute approximate surface area is 165 Å². The highest BCUT2D eigenvalue weighted by molar-refractivity contribution is 5.86. The van der Waals surface area contributed by atoms with Crippen molar-refractivity contribution in [2.45, 2.75) is 32.4 Å². The number of carbonyl (C=O) groups excluding carboxylic acids is 2. The van der Waals surface area contributed by atoms with Crippen LogP contribution in [0.3, 0.4) is 0 Å². The van der Waals surface area contributed by atoms with Crippen LogP contribution < -0.4 is 0 Å². The number of methoxy groups -OCH3 is 1. The number of hydrogen-bond donors (Lipinski definition) is 0. The van der Waals surface area contributed by atoms with E-state index < -0.39 is 0 Å². The zero-order chi connectivity index (χ0) is 19.9. The Morgan fingerprint density at radius 3 is 2.61 bits per heavy atom. The van der Waals surface area contributed by atoms with Crippen LogP contribution in [0.2, 0.25) is 0 Å². The van der Waals surface area contributed by atoms with Gasteiger partial charge in [-0.2, -0.15) is 0 Å². The molecule has 2 heterocycles. The molecule has 0 bridgehead atoms. The van der Waals surface area contributed by atoms with Crippen molar-refractivity contribution in [3.8, 4) is 0 Å². The van der Waals surface area contributed by atoms with Gasteiger partial charge in [0.05, 0.1) is 32.5 Å². The lowest BCUT2D eigenvalue weighted by Gasteiger charge is -2.32. The number of rotatable bonds is 10. The van der Waals surface area contributed by atoms with Gasteiger partial charge in [0.2, 0.25) is 11.8 Å². The van der Waals surface area contributed by atoms with Crippen LogP contribution in [-0.2, 0) is 34.5 Å². The number of hydrogen-bond acceptors (Lipinski definition) is 4. The number of ether oxygens (including phenoxy) is 1. The van der Waals surface area contributed by atoms with Gasteiger partial charge in [0.15, 0.2) is 0 Å². The van der Waals surface area contributed by atoms with Crippen molar-refractivity contribution >= 4 is 11.8 Å². The molecule has 0 saturated heterocycles. The van der Waals surface area contributed by atoms with E-state index in [0.29, 0.717) is 26.2 Å². The molecule has 0 unspecified atom stereocenters. The molecule has 2 aromatic rings. The van der Waals surface area contributed by atoms with Gasteiger partial charge in [-0.1, -0.05) is 6.42 Å². The van der Waals surface area contributed by atoms with Crippen LogP contribution in [-0.4, -0.2) is 53.0 Å². The second-order valence-electron chi connectivity index (χ2n) is 7.32. The van der Waals surface area contributed by atoms with Crippen molar-refractivity contribution in [2.24, 2.45) is 13.0 Å². The Hall–Kier alpha value is -2.54. The van der Waals surface area contributed by atoms with E-state index in [4.69, 9.17) is 9.15 Å². The molecule has 1 aliphatic carbocycles. The van der Waals surface area contributed by atoms with Crippen molar-refractivity contribution < 1.29 is 18.7 Å². The van der Waals surface area contributed by atoms with E-state index in [1.807, 2.05) is 42.1 Å². The average Bonchev–Trinajstić information content (AvgIpc) is 3.28. The van der Waals surface area contributed by atoms with Crippen LogP contribution in [0.5, 0.6) is 0 Å². The summed E-state index contributed by atoms with van der Waals surface area (Å²) in [7, 11) is 3.56. The third kappa shape index (κ3) is 5.04. The number of aromatic nitrogens is 1. The summed E-state index contributed by atoms with van der Waals surface area (Å²) >= 11 is 0. The highest BCUT2D eigenvalue weighted by atomic mass is 16.5. The fourth-order valence-corrected chi connectivity index (χ4v) is 3.32. The van der Waals surface area contributed by atoms with Crippen LogP contribution in [0.15, 0.2) is 41.1 Å². The quantitative estimate of drug-likeness (QED) is 0.628. The number of amides is 2. The molecule has 7 heteroatoms. The minimum Gasteiger partial charge on any atom is -0.467 e. The molecular formula is C21H29N3O4. The first-order chi connectivity index (χ1) is 13.6. The Morgan fingerprint density at radius 1 is 1.21 bits per heavy atom. The molecule has 1 fully saturated rings. The summed E-state index contributed by atoms with van der Waals surface area (Å²) in [5.41, 5.74) is 1.02. The number of nitrogens with zero attached hydrogens (tertiary/aromatic N) is 3. The van der Waals surface area contributed by atoms with E-state index in [2.05, 4.69) is 0 Å². The van der Waals surface area contributed by atoms with E-state index >= 15 is 0 Å². The first-order valence-electron chi connectivity index (χ1n) is 9.76. The predicted molar refractivity (Wildman–Crippen MR) is 104 cm³/mol. The van der Waals surface area contributed by atoms with E-state index in [0.717, 1.165) is 30.7 Å². The maximum atomic E-state index is 13.2. The Morgan fingerprint density at radius 2 is 2.04 bits per heavy atom. The van der Waals surface area contributed by atoms with Gasteiger partial charge >= 0.3 is 0 Å². The molecule has 1 saturated carbocycles. The fraction of sp³-hybridized carbons (Fsp3) is 0.524. The third-order valence-electron chi connectivity index (χ3n) is 5.34. The molecule has 0 N–H and O–H groups in total. The zero-order valence-electron chi connectivity index (χ0n) is 16.7. The van der Waals surface area contributed by atoms with Crippen molar-refractivity contribution in [1.82, 2.24) is 14.4 Å². The van der Waals surface area contributed by atoms with Gasteiger partial charge in [-0.05, 0) is 37.1 Å². The number of carbonyl (C=O) groups is 2. The second-order valence-corrected chi connectivity index (χ2v) is 7.32. The molecule has 2 aromatic heterocycles. The van der Waals surface area contributed by atoms with Crippen LogP contribution in [0.1, 0.15) is 30.7 Å². The standard InChI is InChI=1S/C21H29N3O4/c1-22-10-4-8-18(22)14-24(15-19-9-5-12-28-19)20(25)16-23(11-13-27-2)21(26)17-6-3-7-17/h4-5,8-10,12,17H,3,6-7,11,13-16H2,1-2H3. The summed E-state index contributed by atoms with van der Waals surface area (Å²) in [6.45, 7) is 1.73. The molecule has 1 aliphatic rings. The molecule has 7 nitrogen and oxygen atoms in total. The first-order valence-corrected chi connectivity index (χ1v) is 9.76. The summed E-state index contributed by atoms with van der Waals surface area (Å²) < 4.78 is 12.6. The average molecular weight is 387 g/mol. The van der Waals surface area contributed by atoms with Crippen molar-refractivity contribution in [1.29, 1.82) is 0 Å². The molecule has 0 aromatic carbocycles. The molecule has 2 amide bonds. The molecule has 0 atom stereocenters. The summed E-state index contributed by atoms with van der Waals surface area (Å²) in [4.78, 5) is 29.3. The summed E-state index contributed by atoms with van der Waals surface area (Å²) in [6, 6.07) is 7.61. The van der Waals surface area contributed by atoms with Crippen LogP contribution in [0.25, 0.3) is 0 Å². The van der Waals surface area contributed by atoms with Gasteiger partial charge in [0.1, 0.15) is 5.76 Å². The summed E-state index contributed by atoms with van der Waals surface area (Å²) in [6.07, 6.45) is 6.47. The minimum atomic E-state index is -0.0959. The SMILES string of the molecule is COCCN(CC(=O)N(Cc1ccco1)Cc1cccn1C)C(=O)C1CCC1. The van der Waals surface area contributed by atoms with Crippen LogP contribution >= 0.6 is 0 Å². The van der Waals surface area contributed by atoms with Gasteiger partial charge in [0, 0.05) is 38.5 Å². The lowest BCUT2D eigenvalue weighted by atomic mass is 9.84. The third-order valence-corrected chi connectivity index (χ3v) is 5.34. The van der Waals surface area contributed by atoms with Crippen LogP contribution in [0, 0.1) is 5.92 Å². The lowest BCUT2D eigenvalue weighted by Crippen LogP contribution is -2.47. The summed E-state index contributed by atoms with van der Waals surface area (Å²) in [5, 5.41) is 0. The highest BCUT2D eigenvalue weighted by Crippen LogP contribution is 2.28. The fourth-order valence-electron chi connectivity index (χ4n) is 3.32. The largest absolute Gasteiger partial charge is 0.467 e. The molecule has 0 spiro atoms. The molecule has 28 heavy (non-hydrogen) atoms. The molecule has 152 valence electrons. The maximum Gasteiger partial charge on any atom is 0.242 e. The highest BCUT2D eigenvalue weighted by Gasteiger charge is 2.31. The van der Waals surface area contributed by atoms with Crippen molar-refractivity contribution in [2.75, 3.05) is 26.8 Å². The van der Waals surface area contributed by atoms with Gasteiger partial charge < -0.3 is 23.5 Å². The molecule has 0 radical (unpaired) electrons. The number of furan rings is 1. The molecular weight excluding hydrogens is 358 g/mol. The minimum absolute atomic E-state index is 0.0519. The molecule has 0 aliphatic heterocycles.